The predicted octanol–water partition coefficient (Wildman–Crippen LogP) is 3.41. The van der Waals surface area contributed by atoms with E-state index in [0.717, 1.165) is 26.1 Å². The molecule has 1 heterocycles. The number of rotatable bonds is 3. The summed E-state index contributed by atoms with van der Waals surface area (Å²) in [5.74, 6) is 0.403. The molecule has 0 amide bonds. The molecule has 0 saturated heterocycles. The van der Waals surface area contributed by atoms with Crippen LogP contribution in [0.5, 0.6) is 0 Å². The highest BCUT2D eigenvalue weighted by atomic mass is 16.5. The van der Waals surface area contributed by atoms with Crippen LogP contribution >= 0.6 is 0 Å². The zero-order valence-corrected chi connectivity index (χ0v) is 14.0. The standard InChI is InChI=1S/C20H25NO2/c1-14-17-13-21(11-15-6-4-3-5-7-15)12-16(17)10-20(8-9-20)18(14)19(22)23-2/h3-7,14,18H,8-13H2,1-2H3/t14-,18-/m0/s1. The Morgan fingerprint density at radius 3 is 2.65 bits per heavy atom. The topological polar surface area (TPSA) is 29.5 Å². The fraction of sp³-hybridized carbons (Fsp3) is 0.550. The third-order valence-electron chi connectivity index (χ3n) is 6.13. The molecule has 0 unspecified atom stereocenters. The molecule has 1 aliphatic heterocycles. The molecule has 1 saturated carbocycles. The lowest BCUT2D eigenvalue weighted by molar-refractivity contribution is -0.150. The summed E-state index contributed by atoms with van der Waals surface area (Å²) < 4.78 is 5.13. The smallest absolute Gasteiger partial charge is 0.309 e. The second-order valence-corrected chi connectivity index (χ2v) is 7.59. The van der Waals surface area contributed by atoms with E-state index in [1.54, 1.807) is 5.57 Å². The molecule has 3 nitrogen and oxygen atoms in total. The van der Waals surface area contributed by atoms with Gasteiger partial charge in [-0.15, -0.1) is 0 Å². The molecule has 0 aromatic heterocycles. The van der Waals surface area contributed by atoms with E-state index in [4.69, 9.17) is 4.74 Å². The van der Waals surface area contributed by atoms with Gasteiger partial charge >= 0.3 is 5.97 Å². The SMILES string of the molecule is COC(=O)[C@@H]1[C@@H](C)C2=C(CN(Cc3ccccc3)C2)CC12CC2. The van der Waals surface area contributed by atoms with Gasteiger partial charge in [-0.1, -0.05) is 48.4 Å². The van der Waals surface area contributed by atoms with Gasteiger partial charge in [0, 0.05) is 19.6 Å². The largest absolute Gasteiger partial charge is 0.469 e. The van der Waals surface area contributed by atoms with Crippen molar-refractivity contribution in [2.75, 3.05) is 20.2 Å². The molecule has 2 atom stereocenters. The molecule has 4 rings (SSSR count). The van der Waals surface area contributed by atoms with Gasteiger partial charge in [-0.2, -0.15) is 0 Å². The maximum absolute atomic E-state index is 12.3. The molecule has 1 aromatic rings. The first-order valence-electron chi connectivity index (χ1n) is 8.68. The van der Waals surface area contributed by atoms with E-state index >= 15 is 0 Å². The molecule has 0 N–H and O–H groups in total. The Labute approximate surface area is 138 Å². The first kappa shape index (κ1) is 14.9. The third-order valence-corrected chi connectivity index (χ3v) is 6.13. The minimum atomic E-state index is 0.00283. The highest BCUT2D eigenvalue weighted by Gasteiger charge is 2.58. The zero-order chi connectivity index (χ0) is 16.0. The fourth-order valence-electron chi connectivity index (χ4n) is 4.86. The maximum atomic E-state index is 12.3. The van der Waals surface area contributed by atoms with Gasteiger partial charge in [0.05, 0.1) is 13.0 Å². The summed E-state index contributed by atoms with van der Waals surface area (Å²) in [6.45, 7) is 5.32. The van der Waals surface area contributed by atoms with E-state index in [9.17, 15) is 4.79 Å². The lowest BCUT2D eigenvalue weighted by Gasteiger charge is -2.36. The molecule has 3 heteroatoms. The van der Waals surface area contributed by atoms with Crippen molar-refractivity contribution in [3.05, 3.63) is 47.0 Å². The van der Waals surface area contributed by atoms with E-state index in [1.165, 1.54) is 31.1 Å². The maximum Gasteiger partial charge on any atom is 0.309 e. The van der Waals surface area contributed by atoms with Crippen LogP contribution in [-0.4, -0.2) is 31.1 Å². The van der Waals surface area contributed by atoms with Crippen LogP contribution in [0.15, 0.2) is 41.5 Å². The van der Waals surface area contributed by atoms with Crippen LogP contribution in [0.3, 0.4) is 0 Å². The fourth-order valence-corrected chi connectivity index (χ4v) is 4.86. The number of carbonyl (C=O) groups excluding carboxylic acids is 1. The lowest BCUT2D eigenvalue weighted by Crippen LogP contribution is -2.37. The Balaban J connectivity index is 1.52. The number of ether oxygens (including phenoxy) is 1. The number of hydrogen-bond donors (Lipinski definition) is 0. The van der Waals surface area contributed by atoms with Gasteiger partial charge in [-0.3, -0.25) is 9.69 Å². The van der Waals surface area contributed by atoms with E-state index in [2.05, 4.69) is 42.2 Å². The van der Waals surface area contributed by atoms with Crippen molar-refractivity contribution in [1.82, 2.24) is 4.90 Å². The summed E-state index contributed by atoms with van der Waals surface area (Å²) >= 11 is 0. The Bertz CT molecular complexity index is 645. The van der Waals surface area contributed by atoms with E-state index in [1.807, 2.05) is 0 Å². The van der Waals surface area contributed by atoms with Gasteiger partial charge < -0.3 is 4.74 Å². The molecule has 1 spiro atoms. The monoisotopic (exact) mass is 311 g/mol. The number of hydrogen-bond acceptors (Lipinski definition) is 3. The summed E-state index contributed by atoms with van der Waals surface area (Å²) in [7, 11) is 1.53. The minimum absolute atomic E-state index is 0.00283. The van der Waals surface area contributed by atoms with Crippen molar-refractivity contribution in [3.8, 4) is 0 Å². The molecular formula is C20H25NO2. The van der Waals surface area contributed by atoms with Crippen LogP contribution in [-0.2, 0) is 16.1 Å². The van der Waals surface area contributed by atoms with Crippen molar-refractivity contribution in [2.45, 2.75) is 32.7 Å². The lowest BCUT2D eigenvalue weighted by atomic mass is 9.68. The summed E-state index contributed by atoms with van der Waals surface area (Å²) in [5.41, 5.74) is 4.69. The number of esters is 1. The summed E-state index contributed by atoms with van der Waals surface area (Å²) in [5, 5.41) is 0. The summed E-state index contributed by atoms with van der Waals surface area (Å²) in [4.78, 5) is 14.9. The van der Waals surface area contributed by atoms with E-state index < -0.39 is 0 Å². The van der Waals surface area contributed by atoms with Crippen molar-refractivity contribution in [1.29, 1.82) is 0 Å². The normalized spacial score (nSPS) is 28.8. The number of nitrogens with zero attached hydrogens (tertiary/aromatic N) is 1. The zero-order valence-electron chi connectivity index (χ0n) is 14.0. The molecule has 23 heavy (non-hydrogen) atoms. The third kappa shape index (κ3) is 2.51. The van der Waals surface area contributed by atoms with Crippen molar-refractivity contribution in [3.63, 3.8) is 0 Å². The van der Waals surface area contributed by atoms with E-state index in [-0.39, 0.29) is 17.3 Å². The molecular weight excluding hydrogens is 286 g/mol. The van der Waals surface area contributed by atoms with Crippen LogP contribution in [0.4, 0.5) is 0 Å². The van der Waals surface area contributed by atoms with Crippen molar-refractivity contribution >= 4 is 5.97 Å². The van der Waals surface area contributed by atoms with Crippen LogP contribution in [0.1, 0.15) is 31.7 Å². The van der Waals surface area contributed by atoms with Crippen LogP contribution in [0, 0.1) is 17.3 Å². The molecule has 1 aromatic carbocycles. The van der Waals surface area contributed by atoms with E-state index in [0.29, 0.717) is 5.92 Å². The Kier molecular flexibility index (Phi) is 3.56. The number of carbonyl (C=O) groups is 1. The second kappa shape index (κ2) is 5.48. The first-order valence-corrected chi connectivity index (χ1v) is 8.68. The van der Waals surface area contributed by atoms with Gasteiger partial charge in [0.2, 0.25) is 0 Å². The summed E-state index contributed by atoms with van der Waals surface area (Å²) in [6, 6.07) is 10.7. The highest BCUT2D eigenvalue weighted by Crippen LogP contribution is 2.63. The molecule has 2 aliphatic carbocycles. The molecule has 3 aliphatic rings. The minimum Gasteiger partial charge on any atom is -0.469 e. The number of benzene rings is 1. The van der Waals surface area contributed by atoms with Crippen LogP contribution in [0.25, 0.3) is 0 Å². The number of methoxy groups -OCH3 is 1. The van der Waals surface area contributed by atoms with Crippen molar-refractivity contribution in [2.24, 2.45) is 17.3 Å². The van der Waals surface area contributed by atoms with Gasteiger partial charge in [-0.05, 0) is 36.2 Å². The Morgan fingerprint density at radius 1 is 1.26 bits per heavy atom. The highest BCUT2D eigenvalue weighted by molar-refractivity contribution is 5.75. The average molecular weight is 311 g/mol. The Morgan fingerprint density at radius 2 is 2.00 bits per heavy atom. The Hall–Kier alpha value is -1.61. The molecule has 0 radical (unpaired) electrons. The van der Waals surface area contributed by atoms with Gasteiger partial charge in [0.25, 0.3) is 0 Å². The van der Waals surface area contributed by atoms with Gasteiger partial charge in [0.15, 0.2) is 0 Å². The summed E-state index contributed by atoms with van der Waals surface area (Å²) in [6.07, 6.45) is 3.48. The van der Waals surface area contributed by atoms with Crippen LogP contribution in [0.2, 0.25) is 0 Å². The predicted molar refractivity (Wildman–Crippen MR) is 89.7 cm³/mol. The molecule has 1 fully saturated rings. The first-order chi connectivity index (χ1) is 11.1. The van der Waals surface area contributed by atoms with Gasteiger partial charge in [-0.25, -0.2) is 0 Å². The van der Waals surface area contributed by atoms with Crippen LogP contribution < -0.4 is 0 Å². The van der Waals surface area contributed by atoms with Gasteiger partial charge in [0.1, 0.15) is 0 Å². The quantitative estimate of drug-likeness (QED) is 0.633. The molecule has 122 valence electrons. The second-order valence-electron chi connectivity index (χ2n) is 7.59. The average Bonchev–Trinajstić information content (AvgIpc) is 3.19. The molecule has 0 bridgehead atoms. The van der Waals surface area contributed by atoms with Crippen molar-refractivity contribution < 1.29 is 9.53 Å².